The molecule has 6 heteroatoms. The predicted molar refractivity (Wildman–Crippen MR) is 95.9 cm³/mol. The number of ether oxygens (including phenoxy) is 1. The number of amides is 1. The van der Waals surface area contributed by atoms with Crippen LogP contribution in [0.1, 0.15) is 5.56 Å². The van der Waals surface area contributed by atoms with Gasteiger partial charge in [-0.05, 0) is 41.5 Å². The molecule has 0 aliphatic rings. The van der Waals surface area contributed by atoms with Gasteiger partial charge in [0.2, 0.25) is 0 Å². The molecule has 0 heterocycles. The summed E-state index contributed by atoms with van der Waals surface area (Å²) < 4.78 is 5.53. The maximum Gasteiger partial charge on any atom is 0.269 e. The van der Waals surface area contributed by atoms with E-state index in [4.69, 9.17) is 4.74 Å². The van der Waals surface area contributed by atoms with Crippen molar-refractivity contribution in [2.75, 3.05) is 11.9 Å². The second-order valence-electron chi connectivity index (χ2n) is 5.60. The Kier molecular flexibility index (Phi) is 4.61. The average Bonchev–Trinajstić information content (AvgIpc) is 2.61. The summed E-state index contributed by atoms with van der Waals surface area (Å²) in [4.78, 5) is 22.3. The minimum Gasteiger partial charge on any atom is -0.484 e. The number of benzene rings is 3. The van der Waals surface area contributed by atoms with Crippen LogP contribution in [0.5, 0.6) is 5.75 Å². The van der Waals surface area contributed by atoms with Crippen molar-refractivity contribution >= 4 is 28.1 Å². The summed E-state index contributed by atoms with van der Waals surface area (Å²) in [6.07, 6.45) is 0. The first-order chi connectivity index (χ1) is 12.0. The second-order valence-corrected chi connectivity index (χ2v) is 5.60. The molecule has 3 aromatic rings. The van der Waals surface area contributed by atoms with E-state index in [0.717, 1.165) is 10.8 Å². The van der Waals surface area contributed by atoms with E-state index in [1.807, 2.05) is 42.5 Å². The number of hydrogen-bond acceptors (Lipinski definition) is 4. The Morgan fingerprint density at radius 1 is 1.08 bits per heavy atom. The highest BCUT2D eigenvalue weighted by Gasteiger charge is 2.10. The molecule has 3 aromatic carbocycles. The van der Waals surface area contributed by atoms with Crippen molar-refractivity contribution in [2.24, 2.45) is 0 Å². The van der Waals surface area contributed by atoms with Crippen molar-refractivity contribution < 1.29 is 14.5 Å². The van der Waals surface area contributed by atoms with Crippen molar-refractivity contribution in [3.8, 4) is 5.75 Å². The maximum absolute atomic E-state index is 12.1. The van der Waals surface area contributed by atoms with Crippen LogP contribution >= 0.6 is 0 Å². The number of nitro benzene ring substituents is 1. The number of nitrogens with one attached hydrogen (secondary N) is 1. The lowest BCUT2D eigenvalue weighted by molar-refractivity contribution is -0.384. The number of nitro groups is 1. The van der Waals surface area contributed by atoms with Crippen LogP contribution in [-0.4, -0.2) is 17.4 Å². The maximum atomic E-state index is 12.1. The number of non-ortho nitro benzene ring substituents is 1. The number of fused-ring (bicyclic) bond motifs is 1. The van der Waals surface area contributed by atoms with Crippen molar-refractivity contribution in [3.63, 3.8) is 0 Å². The first-order valence-electron chi connectivity index (χ1n) is 7.69. The highest BCUT2D eigenvalue weighted by Crippen LogP contribution is 2.22. The van der Waals surface area contributed by atoms with Crippen molar-refractivity contribution in [3.05, 3.63) is 76.3 Å². The zero-order chi connectivity index (χ0) is 17.8. The Bertz CT molecular complexity index is 953. The van der Waals surface area contributed by atoms with Gasteiger partial charge in [0.05, 0.1) is 4.92 Å². The fraction of sp³-hybridized carbons (Fsp3) is 0.105. The molecule has 0 atom stereocenters. The third-order valence-electron chi connectivity index (χ3n) is 3.79. The van der Waals surface area contributed by atoms with Crippen LogP contribution in [0.4, 0.5) is 11.4 Å². The van der Waals surface area contributed by atoms with Gasteiger partial charge in [-0.15, -0.1) is 0 Å². The molecule has 0 spiro atoms. The fourth-order valence-corrected chi connectivity index (χ4v) is 2.49. The van der Waals surface area contributed by atoms with Crippen LogP contribution in [0.3, 0.4) is 0 Å². The highest BCUT2D eigenvalue weighted by atomic mass is 16.6. The van der Waals surface area contributed by atoms with Gasteiger partial charge in [0.25, 0.3) is 11.6 Å². The number of carbonyl (C=O) groups excluding carboxylic acids is 1. The molecule has 0 aliphatic heterocycles. The summed E-state index contributed by atoms with van der Waals surface area (Å²) in [5, 5.41) is 15.6. The van der Waals surface area contributed by atoms with E-state index >= 15 is 0 Å². The fourth-order valence-electron chi connectivity index (χ4n) is 2.49. The zero-order valence-electron chi connectivity index (χ0n) is 13.6. The van der Waals surface area contributed by atoms with E-state index in [9.17, 15) is 14.9 Å². The SMILES string of the molecule is Cc1cc([N+](=O)[O-])ccc1NC(=O)COc1ccc2ccccc2c1. The van der Waals surface area contributed by atoms with Crippen molar-refractivity contribution in [1.82, 2.24) is 0 Å². The van der Waals surface area contributed by atoms with E-state index < -0.39 is 4.92 Å². The van der Waals surface area contributed by atoms with Crippen LogP contribution in [0.15, 0.2) is 60.7 Å². The summed E-state index contributed by atoms with van der Waals surface area (Å²) in [7, 11) is 0. The van der Waals surface area contributed by atoms with Crippen LogP contribution in [-0.2, 0) is 4.79 Å². The first kappa shape index (κ1) is 16.4. The molecule has 0 unspecified atom stereocenters. The third-order valence-corrected chi connectivity index (χ3v) is 3.79. The van der Waals surface area contributed by atoms with Gasteiger partial charge in [0.15, 0.2) is 6.61 Å². The smallest absolute Gasteiger partial charge is 0.269 e. The molecule has 1 amide bonds. The van der Waals surface area contributed by atoms with Gasteiger partial charge in [0, 0.05) is 17.8 Å². The van der Waals surface area contributed by atoms with E-state index in [1.165, 1.54) is 18.2 Å². The van der Waals surface area contributed by atoms with Crippen LogP contribution in [0.25, 0.3) is 10.8 Å². The Labute approximate surface area is 144 Å². The Morgan fingerprint density at radius 3 is 2.56 bits per heavy atom. The number of aryl methyl sites for hydroxylation is 1. The molecule has 0 fully saturated rings. The molecule has 126 valence electrons. The Morgan fingerprint density at radius 2 is 1.84 bits per heavy atom. The number of nitrogens with zero attached hydrogens (tertiary/aromatic N) is 1. The van der Waals surface area contributed by atoms with Gasteiger partial charge in [-0.25, -0.2) is 0 Å². The van der Waals surface area contributed by atoms with Gasteiger partial charge in [-0.3, -0.25) is 14.9 Å². The van der Waals surface area contributed by atoms with Crippen LogP contribution < -0.4 is 10.1 Å². The Balaban J connectivity index is 1.63. The quantitative estimate of drug-likeness (QED) is 0.562. The molecule has 1 N–H and O–H groups in total. The molecule has 0 aromatic heterocycles. The molecule has 0 radical (unpaired) electrons. The van der Waals surface area contributed by atoms with E-state index in [1.54, 1.807) is 6.92 Å². The summed E-state index contributed by atoms with van der Waals surface area (Å²) in [6.45, 7) is 1.56. The van der Waals surface area contributed by atoms with Crippen LogP contribution in [0.2, 0.25) is 0 Å². The van der Waals surface area contributed by atoms with Gasteiger partial charge < -0.3 is 10.1 Å². The lowest BCUT2D eigenvalue weighted by atomic mass is 10.1. The summed E-state index contributed by atoms with van der Waals surface area (Å²) >= 11 is 0. The zero-order valence-corrected chi connectivity index (χ0v) is 13.6. The summed E-state index contributed by atoms with van der Waals surface area (Å²) in [5.41, 5.74) is 1.13. The molecule has 0 bridgehead atoms. The lowest BCUT2D eigenvalue weighted by Gasteiger charge is -2.10. The van der Waals surface area contributed by atoms with Crippen molar-refractivity contribution in [2.45, 2.75) is 6.92 Å². The molecule has 0 aliphatic carbocycles. The molecular weight excluding hydrogens is 320 g/mol. The van der Waals surface area contributed by atoms with E-state index in [2.05, 4.69) is 5.32 Å². The minimum absolute atomic E-state index is 0.0112. The number of carbonyl (C=O) groups is 1. The third kappa shape index (κ3) is 3.92. The number of anilines is 1. The topological polar surface area (TPSA) is 81.5 Å². The average molecular weight is 336 g/mol. The second kappa shape index (κ2) is 7.00. The predicted octanol–water partition coefficient (Wildman–Crippen LogP) is 4.07. The largest absolute Gasteiger partial charge is 0.484 e. The normalized spacial score (nSPS) is 10.4. The minimum atomic E-state index is -0.471. The standard InChI is InChI=1S/C19H16N2O4/c1-13-10-16(21(23)24)7-9-18(13)20-19(22)12-25-17-8-6-14-4-2-3-5-15(14)11-17/h2-11H,12H2,1H3,(H,20,22). The van der Waals surface area contributed by atoms with Gasteiger partial charge in [-0.1, -0.05) is 30.3 Å². The van der Waals surface area contributed by atoms with Gasteiger partial charge in [0.1, 0.15) is 5.75 Å². The molecule has 6 nitrogen and oxygen atoms in total. The van der Waals surface area contributed by atoms with Crippen molar-refractivity contribution in [1.29, 1.82) is 0 Å². The van der Waals surface area contributed by atoms with E-state index in [-0.39, 0.29) is 18.2 Å². The summed E-state index contributed by atoms with van der Waals surface area (Å²) in [6, 6.07) is 17.8. The molecule has 25 heavy (non-hydrogen) atoms. The molecule has 3 rings (SSSR count). The molecular formula is C19H16N2O4. The number of hydrogen-bond donors (Lipinski definition) is 1. The van der Waals surface area contributed by atoms with Crippen LogP contribution in [0, 0.1) is 17.0 Å². The van der Waals surface area contributed by atoms with E-state index in [0.29, 0.717) is 17.0 Å². The molecule has 0 saturated heterocycles. The Hall–Kier alpha value is -3.41. The van der Waals surface area contributed by atoms with Gasteiger partial charge in [-0.2, -0.15) is 0 Å². The monoisotopic (exact) mass is 336 g/mol. The first-order valence-corrected chi connectivity index (χ1v) is 7.69. The molecule has 0 saturated carbocycles. The highest BCUT2D eigenvalue weighted by molar-refractivity contribution is 5.93. The lowest BCUT2D eigenvalue weighted by Crippen LogP contribution is -2.20. The number of rotatable bonds is 5. The van der Waals surface area contributed by atoms with Gasteiger partial charge >= 0.3 is 0 Å². The summed E-state index contributed by atoms with van der Waals surface area (Å²) in [5.74, 6) is 0.277.